The molecule has 0 atom stereocenters. The molecule has 0 fully saturated rings. The maximum absolute atomic E-state index is 6.11. The molecule has 2 heterocycles. The fraction of sp³-hybridized carbons (Fsp3) is 0.105. The smallest absolute Gasteiger partial charge is 0.164 e. The van der Waals surface area contributed by atoms with Gasteiger partial charge in [0.2, 0.25) is 0 Å². The Morgan fingerprint density at radius 3 is 2.33 bits per heavy atom. The Balaban J connectivity index is 1.70. The average Bonchev–Trinajstić information content (AvgIpc) is 3.05. The first-order valence-corrected chi connectivity index (χ1v) is 7.89. The molecule has 2 aromatic carbocycles. The Bertz CT molecular complexity index is 961. The molecule has 0 aliphatic heterocycles. The molecule has 0 radical (unpaired) electrons. The molecule has 0 unspecified atom stereocenters. The highest BCUT2D eigenvalue weighted by Crippen LogP contribution is 2.23. The third kappa shape index (κ3) is 2.72. The minimum atomic E-state index is 0.463. The molecule has 0 saturated heterocycles. The monoisotopic (exact) mass is 315 g/mol. The Labute approximate surface area is 139 Å². The molecule has 0 aliphatic carbocycles. The van der Waals surface area contributed by atoms with Crippen molar-refractivity contribution in [2.75, 3.05) is 5.73 Å². The van der Waals surface area contributed by atoms with Gasteiger partial charge in [-0.25, -0.2) is 14.6 Å². The Kier molecular flexibility index (Phi) is 3.67. The summed E-state index contributed by atoms with van der Waals surface area (Å²) in [6, 6.07) is 20.2. The third-order valence-corrected chi connectivity index (χ3v) is 4.01. The maximum Gasteiger partial charge on any atom is 0.164 e. The van der Waals surface area contributed by atoms with Crippen LogP contribution in [-0.2, 0) is 13.0 Å². The third-order valence-electron chi connectivity index (χ3n) is 4.01. The number of nitrogens with zero attached hydrogens (tertiary/aromatic N) is 4. The quantitative estimate of drug-likeness (QED) is 0.627. The van der Waals surface area contributed by atoms with Crippen LogP contribution < -0.4 is 5.73 Å². The summed E-state index contributed by atoms with van der Waals surface area (Å²) in [7, 11) is 0. The highest BCUT2D eigenvalue weighted by atomic mass is 15.3. The van der Waals surface area contributed by atoms with Gasteiger partial charge in [-0.05, 0) is 12.0 Å². The molecular weight excluding hydrogens is 298 g/mol. The number of fused-ring (bicyclic) bond motifs is 1. The Hall–Kier alpha value is -3.21. The highest BCUT2D eigenvalue weighted by Gasteiger charge is 2.12. The van der Waals surface area contributed by atoms with Gasteiger partial charge < -0.3 is 5.73 Å². The van der Waals surface area contributed by atoms with E-state index in [1.165, 1.54) is 5.56 Å². The molecule has 0 saturated carbocycles. The van der Waals surface area contributed by atoms with Crippen LogP contribution in [0.3, 0.4) is 0 Å². The summed E-state index contributed by atoms with van der Waals surface area (Å²) in [6.07, 6.45) is 2.63. The van der Waals surface area contributed by atoms with Crippen LogP contribution in [0.1, 0.15) is 5.56 Å². The second kappa shape index (κ2) is 6.12. The van der Waals surface area contributed by atoms with E-state index in [1.807, 2.05) is 53.2 Å². The summed E-state index contributed by atoms with van der Waals surface area (Å²) >= 11 is 0. The fourth-order valence-corrected chi connectivity index (χ4v) is 2.74. The van der Waals surface area contributed by atoms with Gasteiger partial charge >= 0.3 is 0 Å². The van der Waals surface area contributed by atoms with Crippen molar-refractivity contribution in [2.24, 2.45) is 0 Å². The number of anilines is 1. The van der Waals surface area contributed by atoms with Gasteiger partial charge in [0.25, 0.3) is 0 Å². The number of aromatic nitrogens is 4. The number of nitrogen functional groups attached to an aromatic ring is 1. The van der Waals surface area contributed by atoms with Crippen LogP contribution in [0.25, 0.3) is 22.4 Å². The number of aryl methyl sites for hydroxylation is 2. The molecule has 5 heteroatoms. The van der Waals surface area contributed by atoms with E-state index in [1.54, 1.807) is 6.20 Å². The minimum absolute atomic E-state index is 0.463. The molecule has 2 aromatic heterocycles. The summed E-state index contributed by atoms with van der Waals surface area (Å²) in [5.41, 5.74) is 9.10. The average molecular weight is 315 g/mol. The van der Waals surface area contributed by atoms with Crippen LogP contribution in [-0.4, -0.2) is 19.7 Å². The highest BCUT2D eigenvalue weighted by molar-refractivity contribution is 5.86. The van der Waals surface area contributed by atoms with Gasteiger partial charge in [0, 0.05) is 12.1 Å². The normalized spacial score (nSPS) is 11.0. The first-order chi connectivity index (χ1) is 11.8. The van der Waals surface area contributed by atoms with Crippen molar-refractivity contribution in [1.82, 2.24) is 19.7 Å². The van der Waals surface area contributed by atoms with E-state index >= 15 is 0 Å². The number of hydrogen-bond acceptors (Lipinski definition) is 4. The predicted molar refractivity (Wildman–Crippen MR) is 95.3 cm³/mol. The van der Waals surface area contributed by atoms with Crippen molar-refractivity contribution in [2.45, 2.75) is 13.0 Å². The Morgan fingerprint density at radius 1 is 0.875 bits per heavy atom. The molecule has 4 aromatic rings. The van der Waals surface area contributed by atoms with Gasteiger partial charge in [0.1, 0.15) is 5.82 Å². The lowest BCUT2D eigenvalue weighted by molar-refractivity contribution is 0.630. The lowest BCUT2D eigenvalue weighted by Gasteiger charge is -2.06. The summed E-state index contributed by atoms with van der Waals surface area (Å²) in [5, 5.41) is 5.23. The van der Waals surface area contributed by atoms with Crippen LogP contribution >= 0.6 is 0 Å². The van der Waals surface area contributed by atoms with Gasteiger partial charge in [0.05, 0.1) is 11.6 Å². The van der Waals surface area contributed by atoms with Crippen LogP contribution in [0.5, 0.6) is 0 Å². The predicted octanol–water partition coefficient (Wildman–Crippen LogP) is 3.32. The molecule has 0 aliphatic rings. The van der Waals surface area contributed by atoms with Crippen LogP contribution in [0, 0.1) is 0 Å². The molecule has 4 rings (SSSR count). The molecular formula is C19H17N5. The summed E-state index contributed by atoms with van der Waals surface area (Å²) in [5.74, 6) is 1.09. The van der Waals surface area contributed by atoms with Crippen molar-refractivity contribution in [3.8, 4) is 11.4 Å². The second-order valence-electron chi connectivity index (χ2n) is 5.64. The zero-order valence-corrected chi connectivity index (χ0v) is 13.1. The van der Waals surface area contributed by atoms with E-state index < -0.39 is 0 Å². The summed E-state index contributed by atoms with van der Waals surface area (Å²) < 4.78 is 1.90. The molecule has 0 spiro atoms. The molecule has 118 valence electrons. The van der Waals surface area contributed by atoms with E-state index in [-0.39, 0.29) is 0 Å². The van der Waals surface area contributed by atoms with E-state index in [9.17, 15) is 0 Å². The first-order valence-electron chi connectivity index (χ1n) is 7.89. The van der Waals surface area contributed by atoms with Crippen molar-refractivity contribution in [3.63, 3.8) is 0 Å². The maximum atomic E-state index is 6.11. The number of benzene rings is 2. The molecule has 5 nitrogen and oxygen atoms in total. The van der Waals surface area contributed by atoms with Crippen molar-refractivity contribution in [1.29, 1.82) is 0 Å². The van der Waals surface area contributed by atoms with E-state index in [0.717, 1.165) is 29.6 Å². The number of hydrogen-bond donors (Lipinski definition) is 1. The zero-order chi connectivity index (χ0) is 16.4. The lowest BCUT2D eigenvalue weighted by Crippen LogP contribution is -2.05. The molecule has 0 amide bonds. The van der Waals surface area contributed by atoms with Gasteiger partial charge in [-0.3, -0.25) is 0 Å². The number of nitrogens with two attached hydrogens (primary N) is 1. The van der Waals surface area contributed by atoms with Crippen molar-refractivity contribution in [3.05, 3.63) is 72.4 Å². The van der Waals surface area contributed by atoms with Gasteiger partial charge in [-0.1, -0.05) is 60.7 Å². The largest absolute Gasteiger partial charge is 0.383 e. The molecule has 2 N–H and O–H groups in total. The van der Waals surface area contributed by atoms with Crippen LogP contribution in [0.2, 0.25) is 0 Å². The van der Waals surface area contributed by atoms with Crippen LogP contribution in [0.15, 0.2) is 66.9 Å². The number of rotatable bonds is 4. The van der Waals surface area contributed by atoms with Crippen molar-refractivity contribution >= 4 is 16.9 Å². The molecule has 0 bridgehead atoms. The van der Waals surface area contributed by atoms with Gasteiger partial charge in [-0.15, -0.1) is 0 Å². The Morgan fingerprint density at radius 2 is 1.58 bits per heavy atom. The van der Waals surface area contributed by atoms with E-state index in [4.69, 9.17) is 5.73 Å². The van der Waals surface area contributed by atoms with E-state index in [0.29, 0.717) is 11.6 Å². The minimum Gasteiger partial charge on any atom is -0.383 e. The van der Waals surface area contributed by atoms with Crippen molar-refractivity contribution < 1.29 is 0 Å². The SMILES string of the molecule is Nc1nc(-c2ccccc2)nc2c1cnn2CCc1ccccc1. The lowest BCUT2D eigenvalue weighted by atomic mass is 10.1. The van der Waals surface area contributed by atoms with Gasteiger partial charge in [0.15, 0.2) is 11.5 Å². The van der Waals surface area contributed by atoms with E-state index in [2.05, 4.69) is 27.2 Å². The molecule has 24 heavy (non-hydrogen) atoms. The summed E-state index contributed by atoms with van der Waals surface area (Å²) in [4.78, 5) is 9.10. The first kappa shape index (κ1) is 14.4. The van der Waals surface area contributed by atoms with Crippen LogP contribution in [0.4, 0.5) is 5.82 Å². The fourth-order valence-electron chi connectivity index (χ4n) is 2.74. The standard InChI is InChI=1S/C19H17N5/c20-17-16-13-21-24(12-11-14-7-3-1-4-8-14)19(16)23-18(22-17)15-9-5-2-6-10-15/h1-10,13H,11-12H2,(H2,20,22,23). The van der Waals surface area contributed by atoms with Gasteiger partial charge in [-0.2, -0.15) is 5.10 Å². The zero-order valence-electron chi connectivity index (χ0n) is 13.1. The second-order valence-corrected chi connectivity index (χ2v) is 5.64. The summed E-state index contributed by atoms with van der Waals surface area (Å²) in [6.45, 7) is 0.748. The topological polar surface area (TPSA) is 69.6 Å².